The number of rotatable bonds is 4. The molecule has 1 heterocycles. The van der Waals surface area contributed by atoms with Gasteiger partial charge in [-0.05, 0) is 37.8 Å². The molecule has 0 aliphatic carbocycles. The maximum Gasteiger partial charge on any atom is 0.0387 e. The Morgan fingerprint density at radius 2 is 1.94 bits per heavy atom. The van der Waals surface area contributed by atoms with Crippen LogP contribution < -0.4 is 0 Å². The zero-order valence-electron chi connectivity index (χ0n) is 11.3. The second-order valence-corrected chi connectivity index (χ2v) is 5.16. The summed E-state index contributed by atoms with van der Waals surface area (Å²) in [6.45, 7) is 10.2. The molecule has 0 unspecified atom stereocenters. The van der Waals surface area contributed by atoms with E-state index in [1.807, 2.05) is 0 Å². The van der Waals surface area contributed by atoms with E-state index >= 15 is 0 Å². The molecule has 0 saturated heterocycles. The van der Waals surface area contributed by atoms with E-state index in [4.69, 9.17) is 0 Å². The molecule has 0 N–H and O–H groups in total. The van der Waals surface area contributed by atoms with Gasteiger partial charge in [0.25, 0.3) is 0 Å². The van der Waals surface area contributed by atoms with E-state index in [1.165, 1.54) is 30.5 Å². The van der Waals surface area contributed by atoms with Crippen molar-refractivity contribution < 1.29 is 0 Å². The van der Waals surface area contributed by atoms with Gasteiger partial charge < -0.3 is 0 Å². The molecule has 0 fully saturated rings. The van der Waals surface area contributed by atoms with Crippen molar-refractivity contribution in [3.05, 3.63) is 35.4 Å². The maximum atomic E-state index is 2.52. The lowest BCUT2D eigenvalue weighted by atomic mass is 10.0. The summed E-state index contributed by atoms with van der Waals surface area (Å²) in [7, 11) is 0. The molecule has 2 rings (SSSR count). The van der Waals surface area contributed by atoms with Crippen LogP contribution in [-0.4, -0.2) is 29.1 Å². The van der Waals surface area contributed by atoms with E-state index in [1.54, 1.807) is 0 Å². The van der Waals surface area contributed by atoms with E-state index in [0.29, 0.717) is 6.04 Å². The van der Waals surface area contributed by atoms with Crippen LogP contribution in [0.3, 0.4) is 0 Å². The zero-order chi connectivity index (χ0) is 12.3. The Morgan fingerprint density at radius 1 is 1.24 bits per heavy atom. The predicted octanol–water partition coefficient (Wildman–Crippen LogP) is 3.08. The van der Waals surface area contributed by atoms with Crippen molar-refractivity contribution in [2.45, 2.75) is 46.2 Å². The summed E-state index contributed by atoms with van der Waals surface area (Å²) < 4.78 is 0. The van der Waals surface area contributed by atoms with Crippen LogP contribution in [0.2, 0.25) is 0 Å². The maximum absolute atomic E-state index is 2.52. The second-order valence-electron chi connectivity index (χ2n) is 5.16. The summed E-state index contributed by atoms with van der Waals surface area (Å²) in [4.78, 5) is 0. The van der Waals surface area contributed by atoms with E-state index in [9.17, 15) is 0 Å². The molecule has 0 spiro atoms. The topological polar surface area (TPSA) is 6.48 Å². The molecule has 1 aliphatic heterocycles. The average Bonchev–Trinajstić information content (AvgIpc) is 2.35. The monoisotopic (exact) mass is 232 g/mol. The Labute approximate surface area is 105 Å². The van der Waals surface area contributed by atoms with Gasteiger partial charge in [-0.2, -0.15) is 0 Å². The lowest BCUT2D eigenvalue weighted by Gasteiger charge is -2.40. The molecule has 17 heavy (non-hydrogen) atoms. The summed E-state index contributed by atoms with van der Waals surface area (Å²) in [5.74, 6) is 0. The molecule has 2 heteroatoms. The number of benzene rings is 1. The van der Waals surface area contributed by atoms with Crippen LogP contribution in [0.25, 0.3) is 0 Å². The Kier molecular flexibility index (Phi) is 4.19. The van der Waals surface area contributed by atoms with Gasteiger partial charge in [0.15, 0.2) is 0 Å². The third-order valence-electron chi connectivity index (χ3n) is 3.52. The minimum Gasteiger partial charge on any atom is -0.239 e. The van der Waals surface area contributed by atoms with Gasteiger partial charge in [0.2, 0.25) is 0 Å². The first-order chi connectivity index (χ1) is 8.22. The summed E-state index contributed by atoms with van der Waals surface area (Å²) in [6, 6.07) is 9.45. The van der Waals surface area contributed by atoms with Crippen molar-refractivity contribution in [3.63, 3.8) is 0 Å². The fourth-order valence-corrected chi connectivity index (χ4v) is 2.66. The standard InChI is InChI=1S/C15H24N2/c1-4-10-17(13(2)3)16-11-9-14-7-5-6-8-15(14)12-16/h5-8,13H,4,9-12H2,1-3H3. The molecule has 0 radical (unpaired) electrons. The SMILES string of the molecule is CCCN(C(C)C)N1CCc2ccccc2C1. The number of hydrazine groups is 1. The van der Waals surface area contributed by atoms with Crippen LogP contribution in [0.1, 0.15) is 38.3 Å². The molecule has 1 aliphatic rings. The first-order valence-electron chi connectivity index (χ1n) is 6.80. The van der Waals surface area contributed by atoms with Gasteiger partial charge in [-0.25, -0.2) is 10.0 Å². The highest BCUT2D eigenvalue weighted by molar-refractivity contribution is 5.28. The molecule has 1 aromatic rings. The molecule has 1 aromatic carbocycles. The fraction of sp³-hybridized carbons (Fsp3) is 0.600. The van der Waals surface area contributed by atoms with Crippen LogP contribution in [0.4, 0.5) is 0 Å². The van der Waals surface area contributed by atoms with Crippen molar-refractivity contribution in [3.8, 4) is 0 Å². The van der Waals surface area contributed by atoms with Crippen LogP contribution in [-0.2, 0) is 13.0 Å². The second kappa shape index (κ2) is 5.65. The zero-order valence-corrected chi connectivity index (χ0v) is 11.3. The molecule has 0 aromatic heterocycles. The third kappa shape index (κ3) is 2.88. The first-order valence-corrected chi connectivity index (χ1v) is 6.80. The average molecular weight is 232 g/mol. The van der Waals surface area contributed by atoms with Gasteiger partial charge in [-0.15, -0.1) is 0 Å². The minimum absolute atomic E-state index is 0.597. The molecule has 0 saturated carbocycles. The Hall–Kier alpha value is -0.860. The molecule has 0 atom stereocenters. The summed E-state index contributed by atoms with van der Waals surface area (Å²) in [5.41, 5.74) is 3.03. The number of fused-ring (bicyclic) bond motifs is 1. The molecule has 2 nitrogen and oxygen atoms in total. The molecule has 0 amide bonds. The summed E-state index contributed by atoms with van der Waals surface area (Å²) >= 11 is 0. The van der Waals surface area contributed by atoms with Crippen molar-refractivity contribution in [1.29, 1.82) is 0 Å². The van der Waals surface area contributed by atoms with E-state index in [-0.39, 0.29) is 0 Å². The van der Waals surface area contributed by atoms with Crippen LogP contribution in [0.5, 0.6) is 0 Å². The van der Waals surface area contributed by atoms with Gasteiger partial charge >= 0.3 is 0 Å². The molecule has 94 valence electrons. The highest BCUT2D eigenvalue weighted by Gasteiger charge is 2.22. The quantitative estimate of drug-likeness (QED) is 0.787. The minimum atomic E-state index is 0.597. The summed E-state index contributed by atoms with van der Waals surface area (Å²) in [5, 5.41) is 5.05. The van der Waals surface area contributed by atoms with Crippen molar-refractivity contribution in [1.82, 2.24) is 10.0 Å². The van der Waals surface area contributed by atoms with Gasteiger partial charge in [-0.3, -0.25) is 0 Å². The van der Waals surface area contributed by atoms with Gasteiger partial charge in [0, 0.05) is 25.7 Å². The van der Waals surface area contributed by atoms with Gasteiger partial charge in [-0.1, -0.05) is 31.2 Å². The normalized spacial score (nSPS) is 16.5. The molecule has 0 bridgehead atoms. The molecular formula is C15H24N2. The highest BCUT2D eigenvalue weighted by atomic mass is 15.6. The van der Waals surface area contributed by atoms with E-state index in [0.717, 1.165) is 13.1 Å². The van der Waals surface area contributed by atoms with Crippen LogP contribution in [0, 0.1) is 0 Å². The Balaban J connectivity index is 2.10. The lowest BCUT2D eigenvalue weighted by Crippen LogP contribution is -2.49. The lowest BCUT2D eigenvalue weighted by molar-refractivity contribution is -0.0620. The van der Waals surface area contributed by atoms with Crippen molar-refractivity contribution in [2.75, 3.05) is 13.1 Å². The molecular weight excluding hydrogens is 208 g/mol. The van der Waals surface area contributed by atoms with E-state index < -0.39 is 0 Å². The predicted molar refractivity (Wildman–Crippen MR) is 72.7 cm³/mol. The van der Waals surface area contributed by atoms with Gasteiger partial charge in [0.05, 0.1) is 0 Å². The van der Waals surface area contributed by atoms with Crippen molar-refractivity contribution >= 4 is 0 Å². The van der Waals surface area contributed by atoms with Crippen molar-refractivity contribution in [2.24, 2.45) is 0 Å². The number of hydrogen-bond donors (Lipinski definition) is 0. The van der Waals surface area contributed by atoms with Crippen LogP contribution in [0.15, 0.2) is 24.3 Å². The van der Waals surface area contributed by atoms with Gasteiger partial charge in [0.1, 0.15) is 0 Å². The number of hydrogen-bond acceptors (Lipinski definition) is 2. The Morgan fingerprint density at radius 3 is 2.59 bits per heavy atom. The first kappa shape index (κ1) is 12.6. The smallest absolute Gasteiger partial charge is 0.0387 e. The number of nitrogens with zero attached hydrogens (tertiary/aromatic N) is 2. The fourth-order valence-electron chi connectivity index (χ4n) is 2.66. The third-order valence-corrected chi connectivity index (χ3v) is 3.52. The highest BCUT2D eigenvalue weighted by Crippen LogP contribution is 2.21. The Bertz CT molecular complexity index is 360. The summed E-state index contributed by atoms with van der Waals surface area (Å²) in [6.07, 6.45) is 2.40. The van der Waals surface area contributed by atoms with E-state index in [2.05, 4.69) is 55.1 Å². The largest absolute Gasteiger partial charge is 0.239 e. The van der Waals surface area contributed by atoms with Crippen LogP contribution >= 0.6 is 0 Å².